The minimum atomic E-state index is -0.452. The van der Waals surface area contributed by atoms with Crippen LogP contribution in [-0.2, 0) is 11.3 Å². The molecule has 2 aromatic carbocycles. The Morgan fingerprint density at radius 2 is 1.77 bits per heavy atom. The van der Waals surface area contributed by atoms with E-state index < -0.39 is 11.1 Å². The number of nitrogens with zero attached hydrogens (tertiary/aromatic N) is 1. The maximum absolute atomic E-state index is 12.4. The number of fused-ring (bicyclic) bond motifs is 2. The van der Waals surface area contributed by atoms with Crippen molar-refractivity contribution in [2.75, 3.05) is 5.32 Å². The predicted molar refractivity (Wildman–Crippen MR) is 100 cm³/mol. The number of nitrogens with one attached hydrogen (secondary N) is 3. The van der Waals surface area contributed by atoms with Crippen LogP contribution >= 0.6 is 0 Å². The molecule has 0 saturated heterocycles. The summed E-state index contributed by atoms with van der Waals surface area (Å²) in [6.45, 7) is 0.515. The molecule has 0 aliphatic heterocycles. The van der Waals surface area contributed by atoms with Crippen molar-refractivity contribution < 1.29 is 4.79 Å². The number of aryl methyl sites for hydroxylation is 1. The molecule has 0 saturated carbocycles. The van der Waals surface area contributed by atoms with Crippen LogP contribution in [0.1, 0.15) is 6.42 Å². The van der Waals surface area contributed by atoms with Crippen molar-refractivity contribution in [2.45, 2.75) is 13.0 Å². The Bertz CT molecular complexity index is 1230. The average Bonchev–Trinajstić information content (AvgIpc) is 3.06. The second-order valence-electron chi connectivity index (χ2n) is 6.00. The summed E-state index contributed by atoms with van der Waals surface area (Å²) in [5, 5.41) is 8.83. The fraction of sp³-hybridized carbons (Fsp3) is 0.105. The number of aromatic nitrogens is 3. The normalized spacial score (nSPS) is 11.1. The average molecular weight is 348 g/mol. The van der Waals surface area contributed by atoms with Gasteiger partial charge in [-0.2, -0.15) is 0 Å². The van der Waals surface area contributed by atoms with E-state index in [1.807, 2.05) is 41.1 Å². The second-order valence-corrected chi connectivity index (χ2v) is 6.00. The summed E-state index contributed by atoms with van der Waals surface area (Å²) in [6.07, 6.45) is 2.19. The van der Waals surface area contributed by atoms with Gasteiger partial charge in [0.2, 0.25) is 5.91 Å². The molecule has 130 valence electrons. The molecule has 1 amide bonds. The highest BCUT2D eigenvalue weighted by molar-refractivity contribution is 6.01. The molecule has 7 heteroatoms. The highest BCUT2D eigenvalue weighted by Gasteiger charge is 2.11. The van der Waals surface area contributed by atoms with Gasteiger partial charge in [0.05, 0.1) is 16.5 Å². The van der Waals surface area contributed by atoms with E-state index in [-0.39, 0.29) is 23.1 Å². The fourth-order valence-corrected chi connectivity index (χ4v) is 3.10. The summed E-state index contributed by atoms with van der Waals surface area (Å²) in [4.78, 5) is 36.2. The fourth-order valence-electron chi connectivity index (χ4n) is 3.10. The molecule has 4 aromatic rings. The number of hydrogen-bond acceptors (Lipinski definition) is 3. The maximum atomic E-state index is 12.4. The van der Waals surface area contributed by atoms with Gasteiger partial charge in [-0.3, -0.25) is 24.6 Å². The van der Waals surface area contributed by atoms with E-state index in [0.29, 0.717) is 12.2 Å². The van der Waals surface area contributed by atoms with Gasteiger partial charge in [-0.1, -0.05) is 24.3 Å². The molecular formula is C19H16N4O3. The lowest BCUT2D eigenvalue weighted by molar-refractivity contribution is -0.116. The first-order valence-corrected chi connectivity index (χ1v) is 8.21. The Morgan fingerprint density at radius 3 is 2.65 bits per heavy atom. The van der Waals surface area contributed by atoms with E-state index in [9.17, 15) is 14.4 Å². The van der Waals surface area contributed by atoms with Crippen LogP contribution in [-0.4, -0.2) is 20.7 Å². The van der Waals surface area contributed by atoms with Crippen molar-refractivity contribution in [1.29, 1.82) is 0 Å². The van der Waals surface area contributed by atoms with Crippen molar-refractivity contribution in [1.82, 2.24) is 14.8 Å². The first-order chi connectivity index (χ1) is 12.6. The minimum Gasteiger partial charge on any atom is -0.347 e. The predicted octanol–water partition coefficient (Wildman–Crippen LogP) is 2.20. The molecule has 2 heterocycles. The van der Waals surface area contributed by atoms with Gasteiger partial charge in [-0.05, 0) is 29.7 Å². The number of rotatable bonds is 4. The minimum absolute atomic E-state index is 0.177. The smallest absolute Gasteiger partial charge is 0.272 e. The van der Waals surface area contributed by atoms with Gasteiger partial charge in [0.25, 0.3) is 11.1 Å². The van der Waals surface area contributed by atoms with Crippen LogP contribution in [0.4, 0.5) is 5.69 Å². The Hall–Kier alpha value is -3.61. The van der Waals surface area contributed by atoms with Crippen molar-refractivity contribution in [2.24, 2.45) is 0 Å². The SMILES string of the molecule is O=C(CCn1ccc2ccccc21)Nc1cccc2c(=O)[nH][nH]c(=O)c12. The Kier molecular flexibility index (Phi) is 3.89. The molecule has 0 spiro atoms. The molecule has 3 N–H and O–H groups in total. The van der Waals surface area contributed by atoms with Gasteiger partial charge in [-0.15, -0.1) is 0 Å². The highest BCUT2D eigenvalue weighted by atomic mass is 16.2. The summed E-state index contributed by atoms with van der Waals surface area (Å²) in [7, 11) is 0. The summed E-state index contributed by atoms with van der Waals surface area (Å²) < 4.78 is 2.01. The van der Waals surface area contributed by atoms with Crippen molar-refractivity contribution >= 4 is 33.3 Å². The second kappa shape index (κ2) is 6.36. The van der Waals surface area contributed by atoms with Crippen molar-refractivity contribution in [3.8, 4) is 0 Å². The van der Waals surface area contributed by atoms with Crippen LogP contribution in [0.25, 0.3) is 21.7 Å². The Morgan fingerprint density at radius 1 is 0.962 bits per heavy atom. The monoisotopic (exact) mass is 348 g/mol. The third-order valence-corrected chi connectivity index (χ3v) is 4.36. The third-order valence-electron chi connectivity index (χ3n) is 4.36. The van der Waals surface area contributed by atoms with Gasteiger partial charge in [0.15, 0.2) is 0 Å². The number of hydrogen-bond donors (Lipinski definition) is 3. The Balaban J connectivity index is 1.56. The van der Waals surface area contributed by atoms with E-state index in [0.717, 1.165) is 10.9 Å². The lowest BCUT2D eigenvalue weighted by Crippen LogP contribution is -2.21. The summed E-state index contributed by atoms with van der Waals surface area (Å²) in [5.74, 6) is -0.227. The lowest BCUT2D eigenvalue weighted by Gasteiger charge is -2.09. The molecule has 0 unspecified atom stereocenters. The van der Waals surface area contributed by atoms with Crippen LogP contribution < -0.4 is 16.4 Å². The maximum Gasteiger partial charge on any atom is 0.272 e. The molecular weight excluding hydrogens is 332 g/mol. The van der Waals surface area contributed by atoms with Gasteiger partial charge in [0, 0.05) is 24.7 Å². The van der Waals surface area contributed by atoms with Crippen LogP contribution in [0.3, 0.4) is 0 Å². The first kappa shape index (κ1) is 15.9. The lowest BCUT2D eigenvalue weighted by atomic mass is 10.1. The largest absolute Gasteiger partial charge is 0.347 e. The quantitative estimate of drug-likeness (QED) is 0.527. The van der Waals surface area contributed by atoms with E-state index in [1.54, 1.807) is 18.2 Å². The summed E-state index contributed by atoms with van der Waals surface area (Å²) in [6, 6.07) is 14.7. The van der Waals surface area contributed by atoms with Crippen LogP contribution in [0.2, 0.25) is 0 Å². The number of carbonyl (C=O) groups is 1. The number of para-hydroxylation sites is 1. The standard InChI is InChI=1S/C19H16N4O3/c24-16(9-11-23-10-8-12-4-1-2-7-15(12)23)20-14-6-3-5-13-17(14)19(26)22-21-18(13)25/h1-8,10H,9,11H2,(H,20,24)(H,21,25)(H,22,26). The molecule has 0 radical (unpaired) electrons. The molecule has 0 fully saturated rings. The van der Waals surface area contributed by atoms with Crippen molar-refractivity contribution in [3.63, 3.8) is 0 Å². The van der Waals surface area contributed by atoms with E-state index >= 15 is 0 Å². The molecule has 0 aliphatic carbocycles. The highest BCUT2D eigenvalue weighted by Crippen LogP contribution is 2.18. The van der Waals surface area contributed by atoms with Crippen LogP contribution in [0, 0.1) is 0 Å². The molecule has 0 aliphatic rings. The number of H-pyrrole nitrogens is 2. The molecule has 2 aromatic heterocycles. The molecule has 26 heavy (non-hydrogen) atoms. The molecule has 4 rings (SSSR count). The number of carbonyl (C=O) groups excluding carboxylic acids is 1. The van der Waals surface area contributed by atoms with E-state index in [1.165, 1.54) is 0 Å². The molecule has 0 atom stereocenters. The number of benzene rings is 2. The van der Waals surface area contributed by atoms with Gasteiger partial charge in [-0.25, -0.2) is 0 Å². The third kappa shape index (κ3) is 2.79. The number of anilines is 1. The number of amides is 1. The van der Waals surface area contributed by atoms with Crippen LogP contribution in [0.15, 0.2) is 64.3 Å². The summed E-state index contributed by atoms with van der Waals surface area (Å²) in [5.41, 5.74) is 0.534. The first-order valence-electron chi connectivity index (χ1n) is 8.21. The van der Waals surface area contributed by atoms with Gasteiger partial charge in [0.1, 0.15) is 0 Å². The topological polar surface area (TPSA) is 99.8 Å². The zero-order valence-corrected chi connectivity index (χ0v) is 13.8. The Labute approximate surface area is 147 Å². The van der Waals surface area contributed by atoms with Crippen LogP contribution in [0.5, 0.6) is 0 Å². The van der Waals surface area contributed by atoms with Gasteiger partial charge < -0.3 is 9.88 Å². The van der Waals surface area contributed by atoms with Crippen molar-refractivity contribution in [3.05, 3.63) is 75.4 Å². The molecule has 7 nitrogen and oxygen atoms in total. The molecule has 0 bridgehead atoms. The van der Waals surface area contributed by atoms with E-state index in [2.05, 4.69) is 15.5 Å². The zero-order valence-electron chi connectivity index (χ0n) is 13.8. The van der Waals surface area contributed by atoms with E-state index in [4.69, 9.17) is 0 Å². The number of aromatic amines is 2. The summed E-state index contributed by atoms with van der Waals surface area (Å²) >= 11 is 0. The zero-order chi connectivity index (χ0) is 18.1. The van der Waals surface area contributed by atoms with Gasteiger partial charge >= 0.3 is 0 Å².